The van der Waals surface area contributed by atoms with E-state index >= 15 is 0 Å². The van der Waals surface area contributed by atoms with E-state index in [0.717, 1.165) is 37.0 Å². The molecular formula is C21H34O3. The molecule has 0 bridgehead atoms. The van der Waals surface area contributed by atoms with Gasteiger partial charge in [0.1, 0.15) is 0 Å². The number of carboxylic acid groups (broad SMARTS) is 1. The highest BCUT2D eigenvalue weighted by atomic mass is 16.4. The van der Waals surface area contributed by atoms with Gasteiger partial charge < -0.3 is 10.2 Å². The summed E-state index contributed by atoms with van der Waals surface area (Å²) in [6.45, 7) is 4.93. The van der Waals surface area contributed by atoms with Gasteiger partial charge in [0.05, 0.1) is 6.10 Å². The second-order valence-electron chi connectivity index (χ2n) is 10.0. The van der Waals surface area contributed by atoms with Crippen LogP contribution in [0.5, 0.6) is 0 Å². The number of aliphatic hydroxyl groups excluding tert-OH is 1. The van der Waals surface area contributed by atoms with Crippen molar-refractivity contribution in [3.05, 3.63) is 0 Å². The predicted molar refractivity (Wildman–Crippen MR) is 93.5 cm³/mol. The first-order valence-corrected chi connectivity index (χ1v) is 10.2. The smallest absolute Gasteiger partial charge is 0.303 e. The zero-order valence-electron chi connectivity index (χ0n) is 15.3. The van der Waals surface area contributed by atoms with E-state index in [0.29, 0.717) is 23.7 Å². The molecule has 0 heterocycles. The fraction of sp³-hybridized carbons (Fsp3) is 0.952. The lowest BCUT2D eigenvalue weighted by Gasteiger charge is -2.61. The van der Waals surface area contributed by atoms with Crippen molar-refractivity contribution in [3.63, 3.8) is 0 Å². The normalized spacial score (nSPS) is 53.8. The minimum absolute atomic E-state index is 0.0695. The summed E-state index contributed by atoms with van der Waals surface area (Å²) in [4.78, 5) is 11.3. The first-order valence-electron chi connectivity index (χ1n) is 10.2. The highest BCUT2D eigenvalue weighted by Crippen LogP contribution is 2.67. The van der Waals surface area contributed by atoms with Gasteiger partial charge >= 0.3 is 5.97 Å². The molecule has 0 radical (unpaired) electrons. The van der Waals surface area contributed by atoms with Crippen molar-refractivity contribution >= 4 is 5.97 Å². The van der Waals surface area contributed by atoms with Crippen LogP contribution in [0.15, 0.2) is 0 Å². The van der Waals surface area contributed by atoms with Gasteiger partial charge in [-0.2, -0.15) is 0 Å². The molecule has 4 aliphatic carbocycles. The molecule has 0 saturated heterocycles. The third-order valence-corrected chi connectivity index (χ3v) is 9.26. The van der Waals surface area contributed by atoms with Crippen LogP contribution in [0.1, 0.15) is 78.1 Å². The summed E-state index contributed by atoms with van der Waals surface area (Å²) in [7, 11) is 0. The molecule has 0 aromatic heterocycles. The Bertz CT molecular complexity index is 517. The minimum Gasteiger partial charge on any atom is -0.481 e. The zero-order chi connectivity index (χ0) is 17.1. The summed E-state index contributed by atoms with van der Waals surface area (Å²) in [6.07, 6.45) is 11.0. The number of carbonyl (C=O) groups is 1. The van der Waals surface area contributed by atoms with Gasteiger partial charge in [0.25, 0.3) is 0 Å². The zero-order valence-corrected chi connectivity index (χ0v) is 15.3. The number of carboxylic acids is 1. The maximum atomic E-state index is 11.3. The second kappa shape index (κ2) is 5.72. The van der Waals surface area contributed by atoms with E-state index in [1.54, 1.807) is 0 Å². The number of fused-ring (bicyclic) bond motifs is 5. The van der Waals surface area contributed by atoms with E-state index < -0.39 is 5.97 Å². The van der Waals surface area contributed by atoms with Crippen molar-refractivity contribution < 1.29 is 15.0 Å². The van der Waals surface area contributed by atoms with E-state index in [2.05, 4.69) is 13.8 Å². The summed E-state index contributed by atoms with van der Waals surface area (Å²) in [6, 6.07) is 0. The topological polar surface area (TPSA) is 57.5 Å². The van der Waals surface area contributed by atoms with Crippen LogP contribution in [0.3, 0.4) is 0 Å². The Kier molecular flexibility index (Phi) is 4.02. The molecule has 24 heavy (non-hydrogen) atoms. The van der Waals surface area contributed by atoms with Gasteiger partial charge in [0.2, 0.25) is 0 Å². The Morgan fingerprint density at radius 3 is 2.42 bits per heavy atom. The maximum Gasteiger partial charge on any atom is 0.303 e. The van der Waals surface area contributed by atoms with Gasteiger partial charge in [-0.1, -0.05) is 13.8 Å². The van der Waals surface area contributed by atoms with Gasteiger partial charge in [0.15, 0.2) is 0 Å². The van der Waals surface area contributed by atoms with Crippen LogP contribution in [-0.4, -0.2) is 22.3 Å². The maximum absolute atomic E-state index is 11.3. The van der Waals surface area contributed by atoms with E-state index in [9.17, 15) is 15.0 Å². The number of hydrogen-bond donors (Lipinski definition) is 2. The third kappa shape index (κ3) is 2.37. The SMILES string of the molecule is C[C@]12CC[C@H](O)C[C@@H]1CC[C@@H]1[C@@H]2CC[C@]2(C)[C@@H](CC(=O)O)CC[C@@H]12. The molecular weight excluding hydrogens is 300 g/mol. The number of rotatable bonds is 2. The average Bonchev–Trinajstić information content (AvgIpc) is 2.84. The first kappa shape index (κ1) is 16.9. The van der Waals surface area contributed by atoms with Gasteiger partial charge in [-0.05, 0) is 98.2 Å². The highest BCUT2D eigenvalue weighted by molar-refractivity contribution is 5.67. The Balaban J connectivity index is 1.57. The molecule has 3 heteroatoms. The molecule has 0 aromatic carbocycles. The van der Waals surface area contributed by atoms with Crippen LogP contribution in [0.25, 0.3) is 0 Å². The molecule has 4 rings (SSSR count). The molecule has 4 fully saturated rings. The third-order valence-electron chi connectivity index (χ3n) is 9.26. The lowest BCUT2D eigenvalue weighted by molar-refractivity contribution is -0.143. The van der Waals surface area contributed by atoms with Gasteiger partial charge in [0, 0.05) is 6.42 Å². The Labute approximate surface area is 146 Å². The van der Waals surface area contributed by atoms with E-state index in [1.807, 2.05) is 0 Å². The van der Waals surface area contributed by atoms with Gasteiger partial charge in [-0.3, -0.25) is 4.79 Å². The Morgan fingerprint density at radius 1 is 0.958 bits per heavy atom. The van der Waals surface area contributed by atoms with Crippen LogP contribution in [-0.2, 0) is 4.79 Å². The van der Waals surface area contributed by atoms with Crippen molar-refractivity contribution in [2.45, 2.75) is 84.2 Å². The van der Waals surface area contributed by atoms with Crippen molar-refractivity contribution in [3.8, 4) is 0 Å². The fourth-order valence-electron chi connectivity index (χ4n) is 7.89. The molecule has 136 valence electrons. The number of hydrogen-bond acceptors (Lipinski definition) is 2. The average molecular weight is 335 g/mol. The molecule has 4 aliphatic rings. The Hall–Kier alpha value is -0.570. The lowest BCUT2D eigenvalue weighted by Crippen LogP contribution is -2.54. The monoisotopic (exact) mass is 334 g/mol. The molecule has 0 aliphatic heterocycles. The summed E-state index contributed by atoms with van der Waals surface area (Å²) in [5, 5.41) is 19.4. The molecule has 8 atom stereocenters. The fourth-order valence-corrected chi connectivity index (χ4v) is 7.89. The van der Waals surface area contributed by atoms with Crippen molar-refractivity contribution in [1.82, 2.24) is 0 Å². The molecule has 0 spiro atoms. The van der Waals surface area contributed by atoms with E-state index in [1.165, 1.54) is 38.5 Å². The van der Waals surface area contributed by atoms with E-state index in [-0.39, 0.29) is 11.5 Å². The quantitative estimate of drug-likeness (QED) is 0.783. The van der Waals surface area contributed by atoms with Crippen molar-refractivity contribution in [2.24, 2.45) is 40.4 Å². The standard InChI is InChI=1S/C21H34O3/c1-20-9-7-15(22)11-13(20)3-5-16-17-6-4-14(12-19(23)24)21(17,2)10-8-18(16)20/h13-18,22H,3-12H2,1-2H3,(H,23,24)/t13-,14+,15-,16-,17-,18-,20-,21+/m0/s1. The van der Waals surface area contributed by atoms with Gasteiger partial charge in [-0.25, -0.2) is 0 Å². The first-order chi connectivity index (χ1) is 11.3. The molecule has 0 unspecified atom stereocenters. The summed E-state index contributed by atoms with van der Waals surface area (Å²) in [5.74, 6) is 2.85. The molecule has 3 nitrogen and oxygen atoms in total. The summed E-state index contributed by atoms with van der Waals surface area (Å²) >= 11 is 0. The van der Waals surface area contributed by atoms with Crippen molar-refractivity contribution in [2.75, 3.05) is 0 Å². The van der Waals surface area contributed by atoms with Gasteiger partial charge in [-0.15, -0.1) is 0 Å². The molecule has 0 amide bonds. The van der Waals surface area contributed by atoms with Crippen LogP contribution in [0.4, 0.5) is 0 Å². The lowest BCUT2D eigenvalue weighted by atomic mass is 9.44. The Morgan fingerprint density at radius 2 is 1.67 bits per heavy atom. The molecule has 2 N–H and O–H groups in total. The minimum atomic E-state index is -0.610. The second-order valence-corrected chi connectivity index (χ2v) is 10.0. The number of aliphatic carboxylic acids is 1. The molecule has 4 saturated carbocycles. The highest BCUT2D eigenvalue weighted by Gasteiger charge is 2.60. The molecule has 0 aromatic rings. The van der Waals surface area contributed by atoms with Crippen LogP contribution < -0.4 is 0 Å². The number of aliphatic hydroxyl groups is 1. The van der Waals surface area contributed by atoms with Crippen LogP contribution in [0.2, 0.25) is 0 Å². The predicted octanol–water partition coefficient (Wildman–Crippen LogP) is 4.48. The van der Waals surface area contributed by atoms with Crippen molar-refractivity contribution in [1.29, 1.82) is 0 Å². The summed E-state index contributed by atoms with van der Waals surface area (Å²) < 4.78 is 0. The summed E-state index contributed by atoms with van der Waals surface area (Å²) in [5.41, 5.74) is 0.686. The van der Waals surface area contributed by atoms with E-state index in [4.69, 9.17) is 0 Å². The van der Waals surface area contributed by atoms with Crippen LogP contribution >= 0.6 is 0 Å². The largest absolute Gasteiger partial charge is 0.481 e. The van der Waals surface area contributed by atoms with Crippen LogP contribution in [0, 0.1) is 40.4 Å².